The number of hydrogen-bond donors (Lipinski definition) is 2. The van der Waals surface area contributed by atoms with Crippen LogP contribution in [0.1, 0.15) is 16.8 Å². The van der Waals surface area contributed by atoms with E-state index in [1.165, 1.54) is 18.2 Å². The van der Waals surface area contributed by atoms with Crippen molar-refractivity contribution in [3.8, 4) is 11.5 Å². The first-order chi connectivity index (χ1) is 17.8. The molecular weight excluding hydrogens is 521 g/mol. The van der Waals surface area contributed by atoms with Crippen molar-refractivity contribution < 1.29 is 28.7 Å². The number of esters is 1. The number of ether oxygens (including phenoxy) is 2. The van der Waals surface area contributed by atoms with Gasteiger partial charge in [0, 0.05) is 17.7 Å². The van der Waals surface area contributed by atoms with Gasteiger partial charge in [0.05, 0.1) is 22.5 Å². The first-order valence-electron chi connectivity index (χ1n) is 11.1. The van der Waals surface area contributed by atoms with Crippen LogP contribution in [0.25, 0.3) is 0 Å². The normalized spacial score (nSPS) is 14.7. The van der Waals surface area contributed by atoms with Gasteiger partial charge in [-0.2, -0.15) is 0 Å². The van der Waals surface area contributed by atoms with E-state index in [9.17, 15) is 19.2 Å². The molecule has 3 aromatic carbocycles. The molecule has 0 bridgehead atoms. The molecule has 11 heteroatoms. The van der Waals surface area contributed by atoms with Crippen LogP contribution < -0.4 is 15.5 Å². The molecule has 2 N–H and O–H groups in total. The SMILES string of the molecule is O=C(COC(=O)[C@@H]1CC(=O)N(NC(=O)c2ccc(Cl)c(Cl)c2)C1)Nc1ccc(Oc2ccccc2)cc1. The summed E-state index contributed by atoms with van der Waals surface area (Å²) in [7, 11) is 0. The van der Waals surface area contributed by atoms with E-state index in [4.69, 9.17) is 32.7 Å². The van der Waals surface area contributed by atoms with Crippen LogP contribution in [0, 0.1) is 5.92 Å². The lowest BCUT2D eigenvalue weighted by molar-refractivity contribution is -0.151. The highest BCUT2D eigenvalue weighted by Crippen LogP contribution is 2.24. The van der Waals surface area contributed by atoms with E-state index in [1.807, 2.05) is 30.3 Å². The quantitative estimate of drug-likeness (QED) is 0.407. The number of anilines is 1. The molecule has 3 aromatic rings. The Morgan fingerprint density at radius 3 is 2.32 bits per heavy atom. The second-order valence-electron chi connectivity index (χ2n) is 8.07. The highest BCUT2D eigenvalue weighted by molar-refractivity contribution is 6.42. The van der Waals surface area contributed by atoms with Gasteiger partial charge in [0.15, 0.2) is 6.61 Å². The zero-order valence-electron chi connectivity index (χ0n) is 19.3. The number of benzene rings is 3. The number of para-hydroxylation sites is 1. The predicted octanol–water partition coefficient (Wildman–Crippen LogP) is 4.46. The number of carbonyl (C=O) groups excluding carboxylic acids is 4. The van der Waals surface area contributed by atoms with Crippen molar-refractivity contribution in [2.24, 2.45) is 5.92 Å². The molecule has 1 aliphatic rings. The van der Waals surface area contributed by atoms with E-state index in [1.54, 1.807) is 24.3 Å². The van der Waals surface area contributed by atoms with Gasteiger partial charge in [0.1, 0.15) is 11.5 Å². The number of hydrazine groups is 1. The van der Waals surface area contributed by atoms with Gasteiger partial charge in [-0.25, -0.2) is 0 Å². The fourth-order valence-electron chi connectivity index (χ4n) is 3.48. The van der Waals surface area contributed by atoms with Crippen LogP contribution in [0.4, 0.5) is 5.69 Å². The van der Waals surface area contributed by atoms with Gasteiger partial charge < -0.3 is 14.8 Å². The Labute approximate surface area is 222 Å². The maximum Gasteiger partial charge on any atom is 0.311 e. The summed E-state index contributed by atoms with van der Waals surface area (Å²) in [6, 6.07) is 20.2. The summed E-state index contributed by atoms with van der Waals surface area (Å²) >= 11 is 11.8. The van der Waals surface area contributed by atoms with Gasteiger partial charge in [-0.3, -0.25) is 29.6 Å². The number of nitrogens with one attached hydrogen (secondary N) is 2. The summed E-state index contributed by atoms with van der Waals surface area (Å²) in [5.74, 6) is -1.86. The Hall–Kier alpha value is -4.08. The highest BCUT2D eigenvalue weighted by atomic mass is 35.5. The Balaban J connectivity index is 1.22. The van der Waals surface area contributed by atoms with Crippen LogP contribution in [-0.4, -0.2) is 41.9 Å². The average molecular weight is 542 g/mol. The minimum Gasteiger partial charge on any atom is -0.457 e. The molecule has 37 heavy (non-hydrogen) atoms. The first-order valence-corrected chi connectivity index (χ1v) is 11.9. The molecule has 1 atom stereocenters. The maximum absolute atomic E-state index is 12.4. The Bertz CT molecular complexity index is 1320. The van der Waals surface area contributed by atoms with Crippen LogP contribution in [-0.2, 0) is 19.1 Å². The Morgan fingerprint density at radius 2 is 1.62 bits per heavy atom. The molecule has 4 rings (SSSR count). The predicted molar refractivity (Wildman–Crippen MR) is 136 cm³/mol. The molecule has 0 unspecified atom stereocenters. The average Bonchev–Trinajstić information content (AvgIpc) is 3.26. The molecule has 190 valence electrons. The van der Waals surface area contributed by atoms with E-state index in [2.05, 4.69) is 10.7 Å². The Morgan fingerprint density at radius 1 is 0.919 bits per heavy atom. The Kier molecular flexibility index (Phi) is 8.27. The molecule has 3 amide bonds. The number of nitrogens with zero attached hydrogens (tertiary/aromatic N) is 1. The van der Waals surface area contributed by atoms with Crippen molar-refractivity contribution in [1.29, 1.82) is 0 Å². The van der Waals surface area contributed by atoms with Crippen LogP contribution in [0.3, 0.4) is 0 Å². The van der Waals surface area contributed by atoms with E-state index in [-0.39, 0.29) is 28.6 Å². The van der Waals surface area contributed by atoms with Gasteiger partial charge in [0.2, 0.25) is 5.91 Å². The maximum atomic E-state index is 12.4. The summed E-state index contributed by atoms with van der Waals surface area (Å²) in [5, 5.41) is 4.14. The number of carbonyl (C=O) groups is 4. The van der Waals surface area contributed by atoms with E-state index < -0.39 is 36.2 Å². The smallest absolute Gasteiger partial charge is 0.311 e. The van der Waals surface area contributed by atoms with Crippen molar-refractivity contribution in [3.05, 3.63) is 88.4 Å². The lowest BCUT2D eigenvalue weighted by Gasteiger charge is -2.17. The van der Waals surface area contributed by atoms with Gasteiger partial charge in [-0.1, -0.05) is 41.4 Å². The fraction of sp³-hybridized carbons (Fsp3) is 0.154. The number of hydrogen-bond acceptors (Lipinski definition) is 6. The molecule has 0 saturated carbocycles. The molecule has 1 heterocycles. The van der Waals surface area contributed by atoms with Gasteiger partial charge in [-0.15, -0.1) is 0 Å². The lowest BCUT2D eigenvalue weighted by Crippen LogP contribution is -2.43. The summed E-state index contributed by atoms with van der Waals surface area (Å²) < 4.78 is 10.8. The van der Waals surface area contributed by atoms with Crippen molar-refractivity contribution >= 4 is 52.6 Å². The number of halogens is 2. The van der Waals surface area contributed by atoms with E-state index in [0.29, 0.717) is 17.2 Å². The van der Waals surface area contributed by atoms with Gasteiger partial charge >= 0.3 is 5.97 Å². The molecular formula is C26H21Cl2N3O6. The largest absolute Gasteiger partial charge is 0.457 e. The standard InChI is InChI=1S/C26H21Cl2N3O6/c27-21-11-6-16(12-22(21)28)25(34)30-31-14-17(13-24(31)33)26(35)36-15-23(32)29-18-7-9-20(10-8-18)37-19-4-2-1-3-5-19/h1-12,17H,13-15H2,(H,29,32)(H,30,34)/t17-/m1/s1. The van der Waals surface area contributed by atoms with Crippen molar-refractivity contribution in [3.63, 3.8) is 0 Å². The van der Waals surface area contributed by atoms with Crippen LogP contribution in [0.5, 0.6) is 11.5 Å². The molecule has 1 aliphatic heterocycles. The molecule has 1 fully saturated rings. The zero-order valence-corrected chi connectivity index (χ0v) is 20.8. The second kappa shape index (κ2) is 11.8. The van der Waals surface area contributed by atoms with E-state index in [0.717, 1.165) is 5.01 Å². The summed E-state index contributed by atoms with van der Waals surface area (Å²) in [4.78, 5) is 49.3. The molecule has 9 nitrogen and oxygen atoms in total. The van der Waals surface area contributed by atoms with Gasteiger partial charge in [0.25, 0.3) is 11.8 Å². The van der Waals surface area contributed by atoms with Gasteiger partial charge in [-0.05, 0) is 54.6 Å². The van der Waals surface area contributed by atoms with Crippen LogP contribution in [0.15, 0.2) is 72.8 Å². The lowest BCUT2D eigenvalue weighted by atomic mass is 10.1. The molecule has 0 aromatic heterocycles. The monoisotopic (exact) mass is 541 g/mol. The van der Waals surface area contributed by atoms with Crippen molar-refractivity contribution in [1.82, 2.24) is 10.4 Å². The summed E-state index contributed by atoms with van der Waals surface area (Å²) in [6.45, 7) is -0.614. The third-order valence-electron chi connectivity index (χ3n) is 5.34. The van der Waals surface area contributed by atoms with Crippen LogP contribution in [0.2, 0.25) is 10.0 Å². The minimum absolute atomic E-state index is 0.0881. The fourth-order valence-corrected chi connectivity index (χ4v) is 3.78. The molecule has 0 radical (unpaired) electrons. The molecule has 0 aliphatic carbocycles. The highest BCUT2D eigenvalue weighted by Gasteiger charge is 2.36. The molecule has 0 spiro atoms. The molecule has 1 saturated heterocycles. The number of amides is 3. The summed E-state index contributed by atoms with van der Waals surface area (Å²) in [6.07, 6.45) is -0.162. The third-order valence-corrected chi connectivity index (χ3v) is 6.08. The van der Waals surface area contributed by atoms with Crippen molar-refractivity contribution in [2.75, 3.05) is 18.5 Å². The van der Waals surface area contributed by atoms with Crippen LogP contribution >= 0.6 is 23.2 Å². The third kappa shape index (κ3) is 6.99. The summed E-state index contributed by atoms with van der Waals surface area (Å²) in [5.41, 5.74) is 3.13. The minimum atomic E-state index is -0.830. The topological polar surface area (TPSA) is 114 Å². The first kappa shape index (κ1) is 26.0. The van der Waals surface area contributed by atoms with E-state index >= 15 is 0 Å². The number of rotatable bonds is 8. The zero-order chi connectivity index (χ0) is 26.4. The van der Waals surface area contributed by atoms with Crippen molar-refractivity contribution in [2.45, 2.75) is 6.42 Å². The second-order valence-corrected chi connectivity index (χ2v) is 8.88.